The molecule has 11 nitrogen and oxygen atoms in total. The molecular weight excluding hydrogens is 482 g/mol. The number of aryl methyl sites for hydroxylation is 1. The number of rotatable bonds is 6. The molecule has 1 amide bonds. The van der Waals surface area contributed by atoms with Gasteiger partial charge >= 0.3 is 18.0 Å². The summed E-state index contributed by atoms with van der Waals surface area (Å²) in [6, 6.07) is 13.8. The van der Waals surface area contributed by atoms with Crippen molar-refractivity contribution in [2.45, 2.75) is 50.5 Å². The van der Waals surface area contributed by atoms with Gasteiger partial charge in [0.25, 0.3) is 0 Å². The molecule has 37 heavy (non-hydrogen) atoms. The highest BCUT2D eigenvalue weighted by atomic mass is 16.6. The molecule has 4 rings (SSSR count). The number of likely N-dealkylation sites (N-methyl/N-ethyl adjacent to an activating group) is 2. The normalized spacial score (nSPS) is 21.7. The number of carboxylic acids is 2. The number of benzene rings is 2. The van der Waals surface area contributed by atoms with Crippen molar-refractivity contribution in [2.75, 3.05) is 30.9 Å². The molecule has 2 aliphatic rings. The Bertz CT molecular complexity index is 1150. The average Bonchev–Trinajstić information content (AvgIpc) is 3.28. The molecule has 1 saturated heterocycles. The number of hydrogen-bond acceptors (Lipinski definition) is 8. The molecule has 200 valence electrons. The summed E-state index contributed by atoms with van der Waals surface area (Å²) in [5.74, 6) is -2.95. The van der Waals surface area contributed by atoms with Crippen LogP contribution in [0, 0.1) is 0 Å². The molecule has 11 heteroatoms. The summed E-state index contributed by atoms with van der Waals surface area (Å²) in [6.45, 7) is 5.45. The van der Waals surface area contributed by atoms with Gasteiger partial charge in [-0.05, 0) is 55.3 Å². The minimum Gasteiger partial charge on any atom is -0.479 e. The number of hydrogen-bond donors (Lipinski definition) is 5. The Kier molecular flexibility index (Phi) is 8.42. The molecule has 0 spiro atoms. The van der Waals surface area contributed by atoms with Gasteiger partial charge in [0, 0.05) is 30.4 Å². The fraction of sp³-hybridized carbons (Fsp3) is 0.423. The molecule has 0 bridgehead atoms. The lowest BCUT2D eigenvalue weighted by molar-refractivity contribution is -0.165. The van der Waals surface area contributed by atoms with Gasteiger partial charge in [-0.25, -0.2) is 14.4 Å². The fourth-order valence-electron chi connectivity index (χ4n) is 5.08. The molecule has 0 unspecified atom stereocenters. The third-order valence-corrected chi connectivity index (χ3v) is 6.95. The number of amides is 1. The first kappa shape index (κ1) is 27.9. The quantitative estimate of drug-likeness (QED) is 0.385. The van der Waals surface area contributed by atoms with Crippen LogP contribution in [0.2, 0.25) is 0 Å². The molecule has 5 N–H and O–H groups in total. The maximum atomic E-state index is 12.4. The first-order valence-corrected chi connectivity index (χ1v) is 11.9. The van der Waals surface area contributed by atoms with Crippen LogP contribution < -0.4 is 15.0 Å². The lowest BCUT2D eigenvalue weighted by atomic mass is 9.81. The zero-order chi connectivity index (χ0) is 27.5. The molecule has 0 saturated carbocycles. The highest BCUT2D eigenvalue weighted by molar-refractivity contribution is 5.87. The van der Waals surface area contributed by atoms with E-state index < -0.39 is 30.2 Å². The summed E-state index contributed by atoms with van der Waals surface area (Å²) in [5, 5.41) is 35.4. The van der Waals surface area contributed by atoms with Crippen LogP contribution in [0.3, 0.4) is 0 Å². The molecule has 0 aliphatic carbocycles. The van der Waals surface area contributed by atoms with E-state index in [0.717, 1.165) is 30.6 Å². The Hall–Kier alpha value is -3.67. The lowest BCUT2D eigenvalue weighted by Gasteiger charge is -2.32. The average molecular weight is 516 g/mol. The second kappa shape index (κ2) is 11.2. The van der Waals surface area contributed by atoms with Gasteiger partial charge in [0.05, 0.1) is 6.17 Å². The number of aliphatic hydroxyl groups is 2. The van der Waals surface area contributed by atoms with E-state index in [-0.39, 0.29) is 5.41 Å². The predicted octanol–water partition coefficient (Wildman–Crippen LogP) is 2.11. The van der Waals surface area contributed by atoms with E-state index in [1.807, 2.05) is 36.4 Å². The number of anilines is 2. The van der Waals surface area contributed by atoms with E-state index in [1.165, 1.54) is 11.3 Å². The van der Waals surface area contributed by atoms with Gasteiger partial charge in [0.15, 0.2) is 12.2 Å². The number of carbonyl (C=O) groups excluding carboxylic acids is 1. The zero-order valence-corrected chi connectivity index (χ0v) is 21.2. The standard InChI is InChI=1S/C22H27N3O2.C4H6O6/c1-5-15-8-6-7-9-18(15)23-21(26)27-16-10-11-19-17(14-16)22(2)12-13-24(3)20(22)25(19)4;5-1(3(7)8)2(6)4(9)10/h6-11,14,20H,5,12-13H2,1-4H3,(H,23,26);1-2,5-6H,(H,7,8)(H,9,10)/t20-,22+;1-,2-/m11/s1. The van der Waals surface area contributed by atoms with E-state index in [0.29, 0.717) is 11.9 Å². The largest absolute Gasteiger partial charge is 0.479 e. The number of carbonyl (C=O) groups is 3. The van der Waals surface area contributed by atoms with Crippen LogP contribution in [0.15, 0.2) is 42.5 Å². The number of carboxylic acid groups (broad SMARTS) is 2. The van der Waals surface area contributed by atoms with Crippen molar-refractivity contribution in [3.05, 3.63) is 53.6 Å². The maximum Gasteiger partial charge on any atom is 0.417 e. The van der Waals surface area contributed by atoms with Crippen LogP contribution in [-0.4, -0.2) is 82.4 Å². The number of nitrogens with one attached hydrogen (secondary N) is 1. The molecule has 2 heterocycles. The van der Waals surface area contributed by atoms with E-state index >= 15 is 0 Å². The summed E-state index contributed by atoms with van der Waals surface area (Å²) in [4.78, 5) is 36.7. The van der Waals surface area contributed by atoms with Crippen molar-refractivity contribution in [1.82, 2.24) is 4.90 Å². The maximum absolute atomic E-state index is 12.4. The van der Waals surface area contributed by atoms with Crippen molar-refractivity contribution < 1.29 is 39.5 Å². The molecule has 4 atom stereocenters. The second-order valence-corrected chi connectivity index (χ2v) is 9.40. The van der Waals surface area contributed by atoms with Crippen LogP contribution in [0.4, 0.5) is 16.2 Å². The minimum atomic E-state index is -2.27. The Labute approximate surface area is 214 Å². The van der Waals surface area contributed by atoms with Gasteiger partial charge in [0.2, 0.25) is 0 Å². The van der Waals surface area contributed by atoms with Crippen molar-refractivity contribution in [1.29, 1.82) is 0 Å². The van der Waals surface area contributed by atoms with E-state index in [2.05, 4.69) is 49.1 Å². The number of nitrogens with zero attached hydrogens (tertiary/aromatic N) is 2. The fourth-order valence-corrected chi connectivity index (χ4v) is 5.08. The highest BCUT2D eigenvalue weighted by Crippen LogP contribution is 2.51. The SMILES string of the molecule is CCc1ccccc1NC(=O)Oc1ccc2c(c1)[C@]1(C)CCN(C)[C@@H]1N2C.O=C(O)[C@H](O)[C@@H](O)C(=O)O. The van der Waals surface area contributed by atoms with Gasteiger partial charge in [0.1, 0.15) is 5.75 Å². The van der Waals surface area contributed by atoms with Gasteiger partial charge < -0.3 is 30.1 Å². The summed E-state index contributed by atoms with van der Waals surface area (Å²) in [5.41, 5.74) is 4.44. The number of fused-ring (bicyclic) bond motifs is 3. The molecule has 2 aromatic rings. The highest BCUT2D eigenvalue weighted by Gasteiger charge is 2.52. The summed E-state index contributed by atoms with van der Waals surface area (Å²) in [6.07, 6.45) is -2.67. The lowest BCUT2D eigenvalue weighted by Crippen LogP contribution is -2.45. The number of para-hydroxylation sites is 1. The number of likely N-dealkylation sites (tertiary alicyclic amines) is 1. The first-order valence-electron chi connectivity index (χ1n) is 11.9. The monoisotopic (exact) mass is 515 g/mol. The number of aliphatic carboxylic acids is 2. The Balaban J connectivity index is 0.000000325. The summed E-state index contributed by atoms with van der Waals surface area (Å²) in [7, 11) is 4.32. The van der Waals surface area contributed by atoms with Crippen molar-refractivity contribution >= 4 is 29.4 Å². The molecule has 2 aromatic carbocycles. The van der Waals surface area contributed by atoms with Crippen LogP contribution in [-0.2, 0) is 21.4 Å². The van der Waals surface area contributed by atoms with E-state index in [4.69, 9.17) is 25.2 Å². The molecular formula is C26H33N3O8. The first-order chi connectivity index (χ1) is 17.4. The van der Waals surface area contributed by atoms with Gasteiger partial charge in [-0.15, -0.1) is 0 Å². The number of ether oxygens (including phenoxy) is 1. The predicted molar refractivity (Wildman–Crippen MR) is 136 cm³/mol. The van der Waals surface area contributed by atoms with Gasteiger partial charge in [-0.3, -0.25) is 10.2 Å². The molecule has 0 radical (unpaired) electrons. The zero-order valence-electron chi connectivity index (χ0n) is 21.2. The Morgan fingerprint density at radius 2 is 1.70 bits per heavy atom. The Morgan fingerprint density at radius 3 is 2.30 bits per heavy atom. The van der Waals surface area contributed by atoms with Crippen molar-refractivity contribution in [2.24, 2.45) is 0 Å². The summed E-state index contributed by atoms with van der Waals surface area (Å²) < 4.78 is 5.62. The van der Waals surface area contributed by atoms with Gasteiger partial charge in [-0.1, -0.05) is 32.0 Å². The molecule has 1 fully saturated rings. The topological polar surface area (TPSA) is 160 Å². The third-order valence-electron chi connectivity index (χ3n) is 6.95. The van der Waals surface area contributed by atoms with Crippen LogP contribution in [0.1, 0.15) is 31.4 Å². The van der Waals surface area contributed by atoms with Crippen LogP contribution >= 0.6 is 0 Å². The summed E-state index contributed by atoms with van der Waals surface area (Å²) >= 11 is 0. The molecule has 0 aromatic heterocycles. The molecule has 2 aliphatic heterocycles. The minimum absolute atomic E-state index is 0.0590. The second-order valence-electron chi connectivity index (χ2n) is 9.40. The Morgan fingerprint density at radius 1 is 1.08 bits per heavy atom. The van der Waals surface area contributed by atoms with Crippen molar-refractivity contribution in [3.8, 4) is 5.75 Å². The van der Waals surface area contributed by atoms with Crippen LogP contribution in [0.25, 0.3) is 0 Å². The number of aliphatic hydroxyl groups excluding tert-OH is 2. The smallest absolute Gasteiger partial charge is 0.417 e. The van der Waals surface area contributed by atoms with Crippen molar-refractivity contribution in [3.63, 3.8) is 0 Å². The third kappa shape index (κ3) is 5.68. The van der Waals surface area contributed by atoms with E-state index in [9.17, 15) is 14.4 Å². The van der Waals surface area contributed by atoms with Crippen LogP contribution in [0.5, 0.6) is 5.75 Å². The van der Waals surface area contributed by atoms with Gasteiger partial charge in [-0.2, -0.15) is 0 Å². The van der Waals surface area contributed by atoms with E-state index in [1.54, 1.807) is 0 Å².